The molecule has 0 fully saturated rings. The van der Waals surface area contributed by atoms with Crippen LogP contribution in [0.1, 0.15) is 0 Å². The van der Waals surface area contributed by atoms with Crippen LogP contribution in [0.4, 0.5) is 4.79 Å². The number of hydrogen-bond donors (Lipinski definition) is 2. The second kappa shape index (κ2) is 3.81. The topological polar surface area (TPSA) is 132 Å². The Kier molecular flexibility index (Phi) is 4.67. The quantitative estimate of drug-likeness (QED) is 0.323. The van der Waals surface area contributed by atoms with Crippen LogP contribution in [0.15, 0.2) is 0 Å². The van der Waals surface area contributed by atoms with Gasteiger partial charge in [0.1, 0.15) is 0 Å². The lowest BCUT2D eigenvalue weighted by atomic mass is 11.3. The summed E-state index contributed by atoms with van der Waals surface area (Å²) in [5.41, 5.74) is 0.833. The van der Waals surface area contributed by atoms with Crippen molar-refractivity contribution < 1.29 is 14.9 Å². The normalized spacial score (nSPS) is 6.50. The van der Waals surface area contributed by atoms with Crippen molar-refractivity contribution in [3.05, 3.63) is 10.1 Å². The largest absolute Gasteiger partial charge is 0.526 e. The average molecular weight is 123 g/mol. The lowest BCUT2D eigenvalue weighted by Gasteiger charge is -1.91. The van der Waals surface area contributed by atoms with Gasteiger partial charge in [0.15, 0.2) is 5.03 Å². The zero-order valence-corrected chi connectivity index (χ0v) is 4.08. The number of hydrazine groups is 1. The molecule has 0 aliphatic carbocycles. The van der Waals surface area contributed by atoms with E-state index in [2.05, 4.69) is 0 Å². The van der Waals surface area contributed by atoms with Crippen LogP contribution in [0.25, 0.3) is 0 Å². The van der Waals surface area contributed by atoms with Crippen LogP contribution in [0, 0.1) is 10.1 Å². The molecule has 0 unspecified atom stereocenters. The lowest BCUT2D eigenvalue weighted by Crippen LogP contribution is -2.39. The highest BCUT2D eigenvalue weighted by molar-refractivity contribution is 5.59. The van der Waals surface area contributed by atoms with Gasteiger partial charge in [0, 0.05) is 0 Å². The first-order chi connectivity index (χ1) is 3.13. The van der Waals surface area contributed by atoms with Crippen molar-refractivity contribution in [2.24, 2.45) is 0 Å². The number of quaternary nitrogens is 1. The average Bonchev–Trinajstić information content (AvgIpc) is 1.27. The van der Waals surface area contributed by atoms with Crippen LogP contribution in [-0.4, -0.2) is 11.1 Å². The predicted octanol–water partition coefficient (Wildman–Crippen LogP) is -1.51. The fourth-order valence-electron chi connectivity index (χ4n) is 0.0745. The van der Waals surface area contributed by atoms with Gasteiger partial charge in [0.05, 0.1) is 0 Å². The van der Waals surface area contributed by atoms with Crippen molar-refractivity contribution in [2.45, 2.75) is 0 Å². The number of nitrogens with one attached hydrogen (secondary N) is 1. The minimum Gasteiger partial charge on any atom is -0.526 e. The Morgan fingerprint density at radius 1 is 1.62 bits per heavy atom. The summed E-state index contributed by atoms with van der Waals surface area (Å²) in [6, 6.07) is 0. The maximum Gasteiger partial charge on any atom is 0.202 e. The van der Waals surface area contributed by atoms with E-state index in [0.717, 1.165) is 5.43 Å². The highest BCUT2D eigenvalue weighted by atomic mass is 16.7. The summed E-state index contributed by atoms with van der Waals surface area (Å²) in [7, 11) is 0. The van der Waals surface area contributed by atoms with Gasteiger partial charge in [0.25, 0.3) is 0 Å². The summed E-state index contributed by atoms with van der Waals surface area (Å²) in [6.45, 7) is 0. The van der Waals surface area contributed by atoms with Crippen molar-refractivity contribution >= 4 is 6.09 Å². The molecule has 1 amide bonds. The fraction of sp³-hybridized carbons (Fsp3) is 0. The maximum absolute atomic E-state index is 9.15. The van der Waals surface area contributed by atoms with Gasteiger partial charge >= 0.3 is 0 Å². The van der Waals surface area contributed by atoms with E-state index < -0.39 is 11.1 Å². The zero-order valence-electron chi connectivity index (χ0n) is 4.08. The van der Waals surface area contributed by atoms with Crippen LogP contribution in [0.3, 0.4) is 0 Å². The van der Waals surface area contributed by atoms with E-state index in [1.807, 2.05) is 0 Å². The van der Waals surface area contributed by atoms with Crippen molar-refractivity contribution in [3.8, 4) is 0 Å². The minimum absolute atomic E-state index is 0. The third-order valence-electron chi connectivity index (χ3n) is 0.183. The first-order valence-corrected chi connectivity index (χ1v) is 1.25. The molecule has 0 heterocycles. The Bertz CT molecular complexity index is 87.5. The number of carbonyl (C=O) groups is 1. The minimum atomic E-state index is -1.91. The van der Waals surface area contributed by atoms with Crippen molar-refractivity contribution in [1.29, 1.82) is 0 Å². The Labute approximate surface area is 44.0 Å². The second-order valence-corrected chi connectivity index (χ2v) is 0.656. The molecule has 0 saturated carbocycles. The molecule has 7 nitrogen and oxygen atoms in total. The first-order valence-electron chi connectivity index (χ1n) is 1.25. The zero-order chi connectivity index (χ0) is 5.86. The highest BCUT2D eigenvalue weighted by Crippen LogP contribution is 1.52. The third-order valence-corrected chi connectivity index (χ3v) is 0.183. The van der Waals surface area contributed by atoms with Crippen molar-refractivity contribution in [1.82, 2.24) is 11.6 Å². The number of nitrogens with zero attached hydrogens (tertiary/aromatic N) is 1. The van der Waals surface area contributed by atoms with Gasteiger partial charge in [-0.15, -0.1) is 0 Å². The van der Waals surface area contributed by atoms with E-state index in [0.29, 0.717) is 0 Å². The summed E-state index contributed by atoms with van der Waals surface area (Å²) in [5, 5.41) is 17.0. The number of amides is 1. The smallest absolute Gasteiger partial charge is 0.202 e. The summed E-state index contributed by atoms with van der Waals surface area (Å²) in [5.74, 6) is 0. The van der Waals surface area contributed by atoms with Crippen molar-refractivity contribution in [3.63, 3.8) is 0 Å². The number of rotatable bonds is 1. The van der Waals surface area contributed by atoms with Gasteiger partial charge < -0.3 is 16.1 Å². The van der Waals surface area contributed by atoms with Crippen LogP contribution in [0.2, 0.25) is 0 Å². The Balaban J connectivity index is 0. The molecule has 0 aromatic carbocycles. The molecule has 0 rings (SSSR count). The Morgan fingerprint density at radius 3 is 2.00 bits per heavy atom. The molecule has 0 aromatic rings. The number of carboxylic acid groups (broad SMARTS) is 1. The highest BCUT2D eigenvalue weighted by Gasteiger charge is 1.87. The van der Waals surface area contributed by atoms with E-state index in [4.69, 9.17) is 20.0 Å². The van der Waals surface area contributed by atoms with Gasteiger partial charge in [0.2, 0.25) is 6.09 Å². The lowest BCUT2D eigenvalue weighted by molar-refractivity contribution is -0.540. The monoisotopic (exact) mass is 123 g/mol. The summed E-state index contributed by atoms with van der Waals surface area (Å²) >= 11 is 0. The molecule has 0 radical (unpaired) electrons. The van der Waals surface area contributed by atoms with Crippen LogP contribution in [0.5, 0.6) is 0 Å². The molecule has 0 spiro atoms. The third kappa shape index (κ3) is 8.82. The van der Waals surface area contributed by atoms with Crippen LogP contribution < -0.4 is 16.7 Å². The molecule has 0 saturated heterocycles. The molecular weight excluding hydrogens is 118 g/mol. The molecule has 0 aliphatic heterocycles. The SMILES string of the molecule is O=C([O-])N[N+](=O)[O-].[NH4+]. The molecule has 48 valence electrons. The molecule has 0 atom stereocenters. The molecule has 0 bridgehead atoms. The maximum atomic E-state index is 9.15. The van der Waals surface area contributed by atoms with Crippen LogP contribution >= 0.6 is 0 Å². The fourth-order valence-corrected chi connectivity index (χ4v) is 0.0745. The van der Waals surface area contributed by atoms with E-state index >= 15 is 0 Å². The predicted molar refractivity (Wildman–Crippen MR) is 21.5 cm³/mol. The molecular formula is CH5N3O4. The van der Waals surface area contributed by atoms with Gasteiger partial charge in [-0.3, -0.25) is 0 Å². The number of hydrogen-bond acceptors (Lipinski definition) is 4. The van der Waals surface area contributed by atoms with Gasteiger partial charge in [-0.2, -0.15) is 0 Å². The standard InChI is InChI=1S/CH2N2O4.H3N/c4-1(5)2-3(6)7;/h2H,(H,4,5);1H3. The molecule has 8 heavy (non-hydrogen) atoms. The second-order valence-electron chi connectivity index (χ2n) is 0.656. The number of nitro groups is 1. The molecule has 5 N–H and O–H groups in total. The summed E-state index contributed by atoms with van der Waals surface area (Å²) in [4.78, 5) is 18.2. The molecule has 7 heteroatoms. The van der Waals surface area contributed by atoms with Gasteiger partial charge in [-0.05, 0) is 0 Å². The van der Waals surface area contributed by atoms with E-state index in [9.17, 15) is 0 Å². The van der Waals surface area contributed by atoms with Crippen molar-refractivity contribution in [2.75, 3.05) is 0 Å². The first kappa shape index (κ1) is 9.80. The summed E-state index contributed by atoms with van der Waals surface area (Å²) < 4.78 is 0. The molecule has 0 aromatic heterocycles. The Hall–Kier alpha value is -1.37. The Morgan fingerprint density at radius 2 is 2.00 bits per heavy atom. The summed E-state index contributed by atoms with van der Waals surface area (Å²) in [6.07, 6.45) is -1.91. The van der Waals surface area contributed by atoms with Crippen LogP contribution in [-0.2, 0) is 0 Å². The van der Waals surface area contributed by atoms with E-state index in [1.165, 1.54) is 0 Å². The van der Waals surface area contributed by atoms with Gasteiger partial charge in [-0.1, -0.05) is 5.43 Å². The molecule has 0 aliphatic rings. The van der Waals surface area contributed by atoms with E-state index in [1.54, 1.807) is 0 Å². The van der Waals surface area contributed by atoms with E-state index in [-0.39, 0.29) is 6.15 Å². The van der Waals surface area contributed by atoms with Gasteiger partial charge in [-0.25, -0.2) is 10.1 Å². The number of carbonyl (C=O) groups excluding carboxylic acids is 1.